The molecular weight excluding hydrogens is 234 g/mol. The molecule has 6 heteroatoms. The predicted octanol–water partition coefficient (Wildman–Crippen LogP) is 1.84. The van der Waals surface area contributed by atoms with Crippen molar-refractivity contribution >= 4 is 17.1 Å². The number of para-hydroxylation sites is 1. The molecular formula is C12H19N3O3. The van der Waals surface area contributed by atoms with Crippen LogP contribution in [0, 0.1) is 10.1 Å². The molecule has 1 aromatic carbocycles. The van der Waals surface area contributed by atoms with Gasteiger partial charge in [-0.3, -0.25) is 10.1 Å². The predicted molar refractivity (Wildman–Crippen MR) is 72.2 cm³/mol. The molecule has 6 nitrogen and oxygen atoms in total. The van der Waals surface area contributed by atoms with Gasteiger partial charge in [0.05, 0.1) is 11.0 Å². The molecule has 0 bridgehead atoms. The summed E-state index contributed by atoms with van der Waals surface area (Å²) in [5.74, 6) is 0. The molecule has 1 rings (SSSR count). The number of aliphatic hydroxyl groups excluding tert-OH is 1. The van der Waals surface area contributed by atoms with Crippen molar-refractivity contribution in [2.75, 3.05) is 30.4 Å². The number of nitrogens with one attached hydrogen (secondary N) is 1. The van der Waals surface area contributed by atoms with Crippen LogP contribution < -0.4 is 10.2 Å². The van der Waals surface area contributed by atoms with Crippen molar-refractivity contribution in [2.45, 2.75) is 20.0 Å². The average molecular weight is 253 g/mol. The molecule has 0 saturated carbocycles. The van der Waals surface area contributed by atoms with Gasteiger partial charge in [0, 0.05) is 20.1 Å². The Labute approximate surface area is 106 Å². The molecule has 100 valence electrons. The van der Waals surface area contributed by atoms with Crippen LogP contribution in [-0.4, -0.2) is 36.3 Å². The molecule has 1 atom stereocenters. The van der Waals surface area contributed by atoms with Crippen molar-refractivity contribution in [3.05, 3.63) is 28.3 Å². The molecule has 18 heavy (non-hydrogen) atoms. The molecule has 0 saturated heterocycles. The first kappa shape index (κ1) is 14.2. The third kappa shape index (κ3) is 3.33. The summed E-state index contributed by atoms with van der Waals surface area (Å²) in [5, 5.41) is 23.5. The summed E-state index contributed by atoms with van der Waals surface area (Å²) in [6.07, 6.45) is -0.544. The molecule has 0 aliphatic carbocycles. The lowest BCUT2D eigenvalue weighted by molar-refractivity contribution is -0.383. The Morgan fingerprint density at radius 1 is 1.56 bits per heavy atom. The van der Waals surface area contributed by atoms with Crippen molar-refractivity contribution < 1.29 is 10.0 Å². The first-order valence-electron chi connectivity index (χ1n) is 5.87. The second-order valence-corrected chi connectivity index (χ2v) is 4.19. The molecule has 0 aliphatic rings. The number of hydrogen-bond donors (Lipinski definition) is 2. The Morgan fingerprint density at radius 2 is 2.22 bits per heavy atom. The molecule has 0 aliphatic heterocycles. The first-order valence-corrected chi connectivity index (χ1v) is 5.87. The SMILES string of the molecule is CCNc1cccc(N(C)CC(C)O)c1[N+](=O)[O-]. The van der Waals surface area contributed by atoms with Crippen LogP contribution in [0.4, 0.5) is 17.1 Å². The van der Waals surface area contributed by atoms with Crippen LogP contribution in [0.5, 0.6) is 0 Å². The molecule has 0 radical (unpaired) electrons. The quantitative estimate of drug-likeness (QED) is 0.597. The van der Waals surface area contributed by atoms with E-state index in [9.17, 15) is 15.2 Å². The summed E-state index contributed by atoms with van der Waals surface area (Å²) < 4.78 is 0. The number of benzene rings is 1. The zero-order valence-corrected chi connectivity index (χ0v) is 10.9. The highest BCUT2D eigenvalue weighted by molar-refractivity contribution is 5.76. The molecule has 0 fully saturated rings. The van der Waals surface area contributed by atoms with Gasteiger partial charge < -0.3 is 15.3 Å². The molecule has 0 heterocycles. The Morgan fingerprint density at radius 3 is 2.72 bits per heavy atom. The van der Waals surface area contributed by atoms with E-state index in [1.54, 1.807) is 37.1 Å². The topological polar surface area (TPSA) is 78.6 Å². The number of likely N-dealkylation sites (N-methyl/N-ethyl adjacent to an activating group) is 1. The van der Waals surface area contributed by atoms with E-state index >= 15 is 0 Å². The van der Waals surface area contributed by atoms with Gasteiger partial charge in [0.15, 0.2) is 0 Å². The van der Waals surface area contributed by atoms with Gasteiger partial charge in [0.2, 0.25) is 0 Å². The van der Waals surface area contributed by atoms with Crippen LogP contribution >= 0.6 is 0 Å². The van der Waals surface area contributed by atoms with Crippen LogP contribution in [0.2, 0.25) is 0 Å². The Hall–Kier alpha value is -1.82. The number of nitro benzene ring substituents is 1. The van der Waals surface area contributed by atoms with Gasteiger partial charge in [-0.25, -0.2) is 0 Å². The van der Waals surface area contributed by atoms with Gasteiger partial charge in [-0.2, -0.15) is 0 Å². The van der Waals surface area contributed by atoms with Crippen LogP contribution in [0.25, 0.3) is 0 Å². The fraction of sp³-hybridized carbons (Fsp3) is 0.500. The van der Waals surface area contributed by atoms with Crippen molar-refractivity contribution in [3.63, 3.8) is 0 Å². The van der Waals surface area contributed by atoms with Crippen molar-refractivity contribution in [1.82, 2.24) is 0 Å². The number of rotatable bonds is 6. The van der Waals surface area contributed by atoms with Gasteiger partial charge in [-0.15, -0.1) is 0 Å². The number of nitro groups is 1. The molecule has 2 N–H and O–H groups in total. The molecule has 1 unspecified atom stereocenters. The van der Waals surface area contributed by atoms with Gasteiger partial charge in [0.25, 0.3) is 0 Å². The third-order valence-corrected chi connectivity index (χ3v) is 2.51. The summed E-state index contributed by atoms with van der Waals surface area (Å²) in [5.41, 5.74) is 1.04. The molecule has 0 spiro atoms. The van der Waals surface area contributed by atoms with Crippen LogP contribution in [0.1, 0.15) is 13.8 Å². The average Bonchev–Trinajstić information content (AvgIpc) is 2.27. The summed E-state index contributed by atoms with van der Waals surface area (Å²) >= 11 is 0. The fourth-order valence-electron chi connectivity index (χ4n) is 1.86. The Bertz CT molecular complexity index is 421. The van der Waals surface area contributed by atoms with Gasteiger partial charge in [0.1, 0.15) is 11.4 Å². The van der Waals surface area contributed by atoms with Gasteiger partial charge >= 0.3 is 5.69 Å². The maximum Gasteiger partial charge on any atom is 0.315 e. The van der Waals surface area contributed by atoms with E-state index in [0.717, 1.165) is 0 Å². The van der Waals surface area contributed by atoms with Gasteiger partial charge in [-0.05, 0) is 26.0 Å². The van der Waals surface area contributed by atoms with Crippen LogP contribution in [0.3, 0.4) is 0 Å². The van der Waals surface area contributed by atoms with E-state index in [1.165, 1.54) is 0 Å². The molecule has 1 aromatic rings. The smallest absolute Gasteiger partial charge is 0.315 e. The van der Waals surface area contributed by atoms with E-state index in [0.29, 0.717) is 24.5 Å². The highest BCUT2D eigenvalue weighted by Gasteiger charge is 2.22. The minimum atomic E-state index is -0.544. The Kier molecular flexibility index (Phi) is 4.91. The molecule has 0 aromatic heterocycles. The number of hydrogen-bond acceptors (Lipinski definition) is 5. The lowest BCUT2D eigenvalue weighted by Crippen LogP contribution is -2.27. The highest BCUT2D eigenvalue weighted by Crippen LogP contribution is 2.34. The van der Waals surface area contributed by atoms with Gasteiger partial charge in [-0.1, -0.05) is 6.07 Å². The minimum absolute atomic E-state index is 0.0440. The highest BCUT2D eigenvalue weighted by atomic mass is 16.6. The monoisotopic (exact) mass is 253 g/mol. The lowest BCUT2D eigenvalue weighted by atomic mass is 10.2. The maximum atomic E-state index is 11.2. The fourth-order valence-corrected chi connectivity index (χ4v) is 1.86. The zero-order valence-electron chi connectivity index (χ0n) is 10.9. The number of aliphatic hydroxyl groups is 1. The summed E-state index contributed by atoms with van der Waals surface area (Å²) in [7, 11) is 1.73. The number of anilines is 2. The van der Waals surface area contributed by atoms with E-state index in [4.69, 9.17) is 0 Å². The largest absolute Gasteiger partial charge is 0.392 e. The van der Waals surface area contributed by atoms with Crippen molar-refractivity contribution in [2.24, 2.45) is 0 Å². The second kappa shape index (κ2) is 6.20. The summed E-state index contributed by atoms with van der Waals surface area (Å²) in [4.78, 5) is 12.5. The summed E-state index contributed by atoms with van der Waals surface area (Å²) in [6.45, 7) is 4.49. The lowest BCUT2D eigenvalue weighted by Gasteiger charge is -2.21. The minimum Gasteiger partial charge on any atom is -0.392 e. The first-order chi connectivity index (χ1) is 8.47. The van der Waals surface area contributed by atoms with E-state index in [2.05, 4.69) is 5.32 Å². The van der Waals surface area contributed by atoms with Crippen LogP contribution in [-0.2, 0) is 0 Å². The van der Waals surface area contributed by atoms with Crippen molar-refractivity contribution in [3.8, 4) is 0 Å². The number of nitrogens with zero attached hydrogens (tertiary/aromatic N) is 2. The normalized spacial score (nSPS) is 12.0. The van der Waals surface area contributed by atoms with Crippen LogP contribution in [0.15, 0.2) is 18.2 Å². The van der Waals surface area contributed by atoms with E-state index < -0.39 is 11.0 Å². The van der Waals surface area contributed by atoms with E-state index in [1.807, 2.05) is 6.92 Å². The standard InChI is InChI=1S/C12H19N3O3/c1-4-13-10-6-5-7-11(12(10)15(17)18)14(3)8-9(2)16/h5-7,9,13,16H,4,8H2,1-3H3. The summed E-state index contributed by atoms with van der Waals surface area (Å²) in [6, 6.07) is 5.13. The van der Waals surface area contributed by atoms with Crippen molar-refractivity contribution in [1.29, 1.82) is 0 Å². The third-order valence-electron chi connectivity index (χ3n) is 2.51. The van der Waals surface area contributed by atoms with E-state index in [-0.39, 0.29) is 5.69 Å². The second-order valence-electron chi connectivity index (χ2n) is 4.19. The molecule has 0 amide bonds. The Balaban J connectivity index is 3.17. The maximum absolute atomic E-state index is 11.2. The zero-order chi connectivity index (χ0) is 13.7.